The predicted octanol–water partition coefficient (Wildman–Crippen LogP) is 1.64. The Balaban J connectivity index is 2.94. The summed E-state index contributed by atoms with van der Waals surface area (Å²) in [6, 6.07) is 0.378. The molecule has 1 atom stereocenters. The van der Waals surface area contributed by atoms with Crippen molar-refractivity contribution < 1.29 is 4.74 Å². The summed E-state index contributed by atoms with van der Waals surface area (Å²) in [6.07, 6.45) is 2.10. The third-order valence-corrected chi connectivity index (χ3v) is 2.81. The Labute approximate surface area is 111 Å². The highest BCUT2D eigenvalue weighted by atomic mass is 35.5. The Morgan fingerprint density at radius 2 is 2.35 bits per heavy atom. The van der Waals surface area contributed by atoms with Gasteiger partial charge in [-0.25, -0.2) is 4.98 Å². The molecular weight excluding hydrogens is 260 g/mol. The SMILES string of the molecule is COc1ncc(Cl)c(N(C)C(C)CC(N)=S)n1. The zero-order chi connectivity index (χ0) is 13.0. The van der Waals surface area contributed by atoms with E-state index in [4.69, 9.17) is 34.3 Å². The van der Waals surface area contributed by atoms with Crippen molar-refractivity contribution in [2.75, 3.05) is 19.1 Å². The van der Waals surface area contributed by atoms with E-state index in [0.717, 1.165) is 0 Å². The molecule has 1 rings (SSSR count). The summed E-state index contributed by atoms with van der Waals surface area (Å²) in [6.45, 7) is 1.99. The molecule has 0 aliphatic carbocycles. The third kappa shape index (κ3) is 3.67. The van der Waals surface area contributed by atoms with Crippen LogP contribution in [-0.2, 0) is 0 Å². The molecule has 0 aliphatic heterocycles. The van der Waals surface area contributed by atoms with Gasteiger partial charge in [-0.05, 0) is 6.92 Å². The summed E-state index contributed by atoms with van der Waals surface area (Å²) < 4.78 is 4.96. The molecular formula is C10H15ClN4OS. The first kappa shape index (κ1) is 13.9. The second kappa shape index (κ2) is 5.97. The lowest BCUT2D eigenvalue weighted by atomic mass is 10.2. The predicted molar refractivity (Wildman–Crippen MR) is 72.9 cm³/mol. The molecule has 1 heterocycles. The van der Waals surface area contributed by atoms with E-state index < -0.39 is 0 Å². The van der Waals surface area contributed by atoms with Crippen molar-refractivity contribution in [3.05, 3.63) is 11.2 Å². The molecule has 0 aliphatic rings. The molecule has 1 aromatic rings. The number of hydrogen-bond acceptors (Lipinski definition) is 5. The highest BCUT2D eigenvalue weighted by Gasteiger charge is 2.16. The zero-order valence-corrected chi connectivity index (χ0v) is 11.5. The maximum atomic E-state index is 6.04. The summed E-state index contributed by atoms with van der Waals surface area (Å²) in [5.74, 6) is 0.599. The second-order valence-corrected chi connectivity index (χ2v) is 4.59. The molecule has 5 nitrogen and oxygen atoms in total. The van der Waals surface area contributed by atoms with E-state index in [-0.39, 0.29) is 12.1 Å². The molecule has 0 amide bonds. The summed E-state index contributed by atoms with van der Waals surface area (Å²) >= 11 is 10.9. The molecule has 94 valence electrons. The van der Waals surface area contributed by atoms with E-state index >= 15 is 0 Å². The van der Waals surface area contributed by atoms with Gasteiger partial charge in [0.25, 0.3) is 0 Å². The molecule has 0 bridgehead atoms. The molecule has 17 heavy (non-hydrogen) atoms. The van der Waals surface area contributed by atoms with E-state index in [1.165, 1.54) is 13.3 Å². The Kier molecular flexibility index (Phi) is 4.89. The van der Waals surface area contributed by atoms with E-state index in [1.807, 2.05) is 18.9 Å². The van der Waals surface area contributed by atoms with Crippen molar-refractivity contribution in [2.24, 2.45) is 5.73 Å². The van der Waals surface area contributed by atoms with Gasteiger partial charge in [-0.2, -0.15) is 4.98 Å². The first-order valence-electron chi connectivity index (χ1n) is 5.03. The lowest BCUT2D eigenvalue weighted by Crippen LogP contribution is -2.33. The van der Waals surface area contributed by atoms with Crippen LogP contribution in [-0.4, -0.2) is 35.2 Å². The van der Waals surface area contributed by atoms with E-state index in [1.54, 1.807) is 0 Å². The van der Waals surface area contributed by atoms with Crippen molar-refractivity contribution in [1.82, 2.24) is 9.97 Å². The summed E-state index contributed by atoms with van der Waals surface area (Å²) in [5.41, 5.74) is 5.52. The molecule has 0 aromatic carbocycles. The number of thiocarbonyl (C=S) groups is 1. The quantitative estimate of drug-likeness (QED) is 0.824. The number of aromatic nitrogens is 2. The number of hydrogen-bond donors (Lipinski definition) is 1. The maximum Gasteiger partial charge on any atom is 0.318 e. The van der Waals surface area contributed by atoms with Gasteiger partial charge in [0, 0.05) is 19.5 Å². The number of rotatable bonds is 5. The van der Waals surface area contributed by atoms with Gasteiger partial charge in [0.2, 0.25) is 0 Å². The lowest BCUT2D eigenvalue weighted by molar-refractivity contribution is 0.379. The van der Waals surface area contributed by atoms with Crippen molar-refractivity contribution in [3.8, 4) is 6.01 Å². The van der Waals surface area contributed by atoms with Crippen molar-refractivity contribution >= 4 is 34.6 Å². The van der Waals surface area contributed by atoms with Crippen LogP contribution < -0.4 is 15.4 Å². The van der Waals surface area contributed by atoms with E-state index in [2.05, 4.69) is 9.97 Å². The van der Waals surface area contributed by atoms with Gasteiger partial charge in [-0.3, -0.25) is 0 Å². The van der Waals surface area contributed by atoms with Crippen LogP contribution in [0.25, 0.3) is 0 Å². The maximum absolute atomic E-state index is 6.04. The molecule has 0 saturated heterocycles. The van der Waals surface area contributed by atoms with Crippen LogP contribution in [0, 0.1) is 0 Å². The average molecular weight is 275 g/mol. The van der Waals surface area contributed by atoms with Crippen LogP contribution in [0.4, 0.5) is 5.82 Å². The third-order valence-electron chi connectivity index (χ3n) is 2.38. The monoisotopic (exact) mass is 274 g/mol. The lowest BCUT2D eigenvalue weighted by Gasteiger charge is -2.26. The molecule has 0 saturated carbocycles. The minimum Gasteiger partial charge on any atom is -0.467 e. The van der Waals surface area contributed by atoms with Crippen LogP contribution in [0.5, 0.6) is 6.01 Å². The summed E-state index contributed by atoms with van der Waals surface area (Å²) in [4.78, 5) is 10.5. The van der Waals surface area contributed by atoms with Gasteiger partial charge in [0.05, 0.1) is 18.3 Å². The van der Waals surface area contributed by atoms with Gasteiger partial charge in [-0.15, -0.1) is 0 Å². The second-order valence-electron chi connectivity index (χ2n) is 3.66. The Morgan fingerprint density at radius 3 is 2.88 bits per heavy atom. The van der Waals surface area contributed by atoms with E-state index in [0.29, 0.717) is 22.2 Å². The molecule has 7 heteroatoms. The van der Waals surface area contributed by atoms with Gasteiger partial charge in [0.15, 0.2) is 5.82 Å². The first-order valence-corrected chi connectivity index (χ1v) is 5.82. The minimum absolute atomic E-state index is 0.101. The number of ether oxygens (including phenoxy) is 1. The molecule has 2 N–H and O–H groups in total. The number of halogens is 1. The van der Waals surface area contributed by atoms with Crippen LogP contribution in [0.1, 0.15) is 13.3 Å². The molecule has 0 spiro atoms. The Bertz CT molecular complexity index is 415. The number of methoxy groups -OCH3 is 1. The Morgan fingerprint density at radius 1 is 1.71 bits per heavy atom. The summed E-state index contributed by atoms with van der Waals surface area (Å²) in [7, 11) is 3.38. The largest absolute Gasteiger partial charge is 0.467 e. The Hall–Kier alpha value is -1.14. The minimum atomic E-state index is 0.101. The fourth-order valence-corrected chi connectivity index (χ4v) is 1.79. The van der Waals surface area contributed by atoms with Crippen LogP contribution in [0.3, 0.4) is 0 Å². The topological polar surface area (TPSA) is 64.3 Å². The van der Waals surface area contributed by atoms with Crippen LogP contribution >= 0.6 is 23.8 Å². The smallest absolute Gasteiger partial charge is 0.318 e. The molecule has 0 radical (unpaired) electrons. The highest BCUT2D eigenvalue weighted by Crippen LogP contribution is 2.25. The molecule has 1 unspecified atom stereocenters. The van der Waals surface area contributed by atoms with E-state index in [9.17, 15) is 0 Å². The molecule has 1 aromatic heterocycles. The number of nitrogens with zero attached hydrogens (tertiary/aromatic N) is 3. The van der Waals surface area contributed by atoms with Gasteiger partial charge >= 0.3 is 6.01 Å². The fraction of sp³-hybridized carbons (Fsp3) is 0.500. The standard InChI is InChI=1S/C10H15ClN4OS/c1-6(4-8(12)17)15(2)9-7(11)5-13-10(14-9)16-3/h5-6H,4H2,1-3H3,(H2,12,17). The normalized spacial score (nSPS) is 12.0. The van der Waals surface area contributed by atoms with Crippen LogP contribution in [0.15, 0.2) is 6.20 Å². The first-order chi connectivity index (χ1) is 7.95. The highest BCUT2D eigenvalue weighted by molar-refractivity contribution is 7.80. The average Bonchev–Trinajstić information content (AvgIpc) is 2.28. The van der Waals surface area contributed by atoms with Crippen molar-refractivity contribution in [3.63, 3.8) is 0 Å². The number of nitrogens with two attached hydrogens (primary N) is 1. The number of anilines is 1. The van der Waals surface area contributed by atoms with Crippen LogP contribution in [0.2, 0.25) is 5.02 Å². The van der Waals surface area contributed by atoms with Crippen molar-refractivity contribution in [2.45, 2.75) is 19.4 Å². The fourth-order valence-electron chi connectivity index (χ4n) is 1.33. The summed E-state index contributed by atoms with van der Waals surface area (Å²) in [5, 5.41) is 0.461. The van der Waals surface area contributed by atoms with Gasteiger partial charge in [0.1, 0.15) is 5.02 Å². The zero-order valence-electron chi connectivity index (χ0n) is 9.98. The van der Waals surface area contributed by atoms with Crippen molar-refractivity contribution in [1.29, 1.82) is 0 Å². The van der Waals surface area contributed by atoms with Gasteiger partial charge < -0.3 is 15.4 Å². The van der Waals surface area contributed by atoms with Gasteiger partial charge in [-0.1, -0.05) is 23.8 Å². The molecule has 0 fully saturated rings.